The van der Waals surface area contributed by atoms with Crippen LogP contribution >= 0.6 is 15.8 Å². The number of ether oxygens (including phenoxy) is 2. The van der Waals surface area contributed by atoms with Crippen LogP contribution in [0.2, 0.25) is 0 Å². The summed E-state index contributed by atoms with van der Waals surface area (Å²) in [5.74, 6) is 2.07. The third kappa shape index (κ3) is 13.0. The number of aryl methyl sites for hydroxylation is 4. The molecule has 0 amide bonds. The van der Waals surface area contributed by atoms with Crippen LogP contribution in [0.5, 0.6) is 11.5 Å². The van der Waals surface area contributed by atoms with E-state index in [0.29, 0.717) is 47.2 Å². The Hall–Kier alpha value is -3.76. The molecule has 0 bridgehead atoms. The first kappa shape index (κ1) is 56.2. The molecule has 1 unspecified atom stereocenters. The molecule has 2 aliphatic rings. The van der Waals surface area contributed by atoms with E-state index in [9.17, 15) is 52.7 Å². The fourth-order valence-electron chi connectivity index (χ4n) is 8.34. The monoisotopic (exact) mass is 1050 g/mol. The molecule has 5 aromatic rings. The van der Waals surface area contributed by atoms with Gasteiger partial charge in [-0.15, -0.1) is 0 Å². The SMILES string of the molecule is COc1c(C)cc(P(c2cc(C)c(OC)c(C)c2)c2ccccc2[C]2[CH][CH][CH][C]2C(C)P(c2cc(C(F)(F)F)cc(C(F)(F)F)c2)c2cc(C(F)(F)F)cc(C(F)(F)F)c2)cc1C.[CH]1[CH][CH][CH][CH]1.[Fe]. The van der Waals surface area contributed by atoms with Crippen molar-refractivity contribution >= 4 is 42.4 Å². The van der Waals surface area contributed by atoms with Gasteiger partial charge in [0.25, 0.3) is 0 Å². The summed E-state index contributed by atoms with van der Waals surface area (Å²) in [6.45, 7) is 8.98. The van der Waals surface area contributed by atoms with Crippen LogP contribution in [0, 0.1) is 90.9 Å². The van der Waals surface area contributed by atoms with E-state index in [-0.39, 0.29) is 35.1 Å². The van der Waals surface area contributed by atoms with E-state index in [0.717, 1.165) is 38.2 Å². The summed E-state index contributed by atoms with van der Waals surface area (Å²) in [4.78, 5) is 0. The maximum atomic E-state index is 14.3. The minimum absolute atomic E-state index is 0. The van der Waals surface area contributed by atoms with Crippen molar-refractivity contribution < 1.29 is 79.2 Å². The van der Waals surface area contributed by atoms with Crippen LogP contribution in [-0.2, 0) is 41.8 Å². The van der Waals surface area contributed by atoms with Crippen molar-refractivity contribution in [2.24, 2.45) is 0 Å². The molecule has 7 rings (SSSR count). The van der Waals surface area contributed by atoms with Gasteiger partial charge in [-0.05, 0) is 221 Å². The van der Waals surface area contributed by atoms with Crippen LogP contribution in [0.15, 0.2) is 84.9 Å². The zero-order valence-electron chi connectivity index (χ0n) is 37.9. The molecule has 0 aliphatic heterocycles. The molecule has 0 aromatic heterocycles. The van der Waals surface area contributed by atoms with E-state index >= 15 is 0 Å². The predicted molar refractivity (Wildman–Crippen MR) is 246 cm³/mol. The zero-order chi connectivity index (χ0) is 50.1. The van der Waals surface area contributed by atoms with E-state index in [1.807, 2.05) is 96.2 Å². The summed E-state index contributed by atoms with van der Waals surface area (Å²) >= 11 is 0. The van der Waals surface area contributed by atoms with Gasteiger partial charge in [-0.2, -0.15) is 52.7 Å². The molecule has 0 N–H and O–H groups in total. The maximum absolute atomic E-state index is 14.3. The molecule has 69 heavy (non-hydrogen) atoms. The van der Waals surface area contributed by atoms with Gasteiger partial charge in [-0.1, -0.05) is 31.2 Å². The van der Waals surface area contributed by atoms with E-state index in [1.54, 1.807) is 39.2 Å². The average molecular weight is 1050 g/mol. The van der Waals surface area contributed by atoms with Crippen molar-refractivity contribution in [3.05, 3.63) is 198 Å². The smallest absolute Gasteiger partial charge is 0.416 e. The number of rotatable bonds is 10. The molecule has 5 aromatic carbocycles. The Balaban J connectivity index is 0.00000139. The maximum Gasteiger partial charge on any atom is 0.416 e. The molecule has 2 aliphatic carbocycles. The number of benzene rings is 5. The minimum Gasteiger partial charge on any atom is -0.496 e. The van der Waals surface area contributed by atoms with Crippen molar-refractivity contribution in [1.29, 1.82) is 0 Å². The predicted octanol–water partition coefficient (Wildman–Crippen LogP) is 13.4. The Bertz CT molecular complexity index is 2310. The number of hydrogen-bond donors (Lipinski definition) is 0. The van der Waals surface area contributed by atoms with Crippen LogP contribution in [0.25, 0.3) is 0 Å². The third-order valence-electron chi connectivity index (χ3n) is 11.2. The Morgan fingerprint density at radius 3 is 1.13 bits per heavy atom. The molecule has 366 valence electrons. The zero-order valence-corrected chi connectivity index (χ0v) is 40.8. The first-order valence-corrected chi connectivity index (χ1v) is 23.5. The second kappa shape index (κ2) is 22.3. The molecule has 1 atom stereocenters. The number of hydrogen-bond acceptors (Lipinski definition) is 2. The van der Waals surface area contributed by atoms with Gasteiger partial charge >= 0.3 is 24.7 Å². The van der Waals surface area contributed by atoms with Crippen LogP contribution in [0.3, 0.4) is 0 Å². The molecule has 10 radical (unpaired) electrons. The minimum atomic E-state index is -5.36. The third-order valence-corrected chi connectivity index (χ3v) is 16.3. The second-order valence-corrected chi connectivity index (χ2v) is 20.7. The summed E-state index contributed by atoms with van der Waals surface area (Å²) in [6.07, 6.45) is -6.65. The van der Waals surface area contributed by atoms with E-state index in [4.69, 9.17) is 9.47 Å². The number of methoxy groups -OCH3 is 2. The van der Waals surface area contributed by atoms with Crippen LogP contribution in [0.4, 0.5) is 52.7 Å². The van der Waals surface area contributed by atoms with Gasteiger partial charge in [0, 0.05) is 23.0 Å². The topological polar surface area (TPSA) is 18.5 Å². The van der Waals surface area contributed by atoms with Gasteiger partial charge in [-0.25, -0.2) is 0 Å². The Morgan fingerprint density at radius 2 is 0.797 bits per heavy atom. The van der Waals surface area contributed by atoms with Crippen molar-refractivity contribution in [3.8, 4) is 11.5 Å². The second-order valence-electron chi connectivity index (χ2n) is 16.0. The standard InChI is InChI=1S/C47H39F12O2P2.C5H5.Fe/c1-25-15-34(16-26(2)42(25)60-6)63(35-17-27(3)43(61-7)28(4)18-35)41-14-9-8-11-40(41)39-13-10-12-38(39)29(5)62(36-21-30(44(48,49)50)19-31(22-36)45(51,52)53)37-23-32(46(54,55)56)20-33(24-37)47(57,58)59;1-2-4-5-3-1;/h8-24,29H,1-7H3;1-5H;. The van der Waals surface area contributed by atoms with E-state index in [2.05, 4.69) is 0 Å². The molecule has 0 spiro atoms. The fraction of sp³-hybridized carbons (Fsp3) is 0.231. The Kier molecular flexibility index (Phi) is 18.2. The summed E-state index contributed by atoms with van der Waals surface area (Å²) in [5.41, 5.74) is -4.35. The van der Waals surface area contributed by atoms with Gasteiger partial charge in [0.2, 0.25) is 0 Å². The molecule has 2 nitrogen and oxygen atoms in total. The fourth-order valence-corrected chi connectivity index (χ4v) is 14.0. The molecular formula is C52H44F12FeO2P2. The quantitative estimate of drug-likeness (QED) is 0.0788. The largest absolute Gasteiger partial charge is 0.496 e. The molecular weight excluding hydrogens is 1000 g/mol. The van der Waals surface area contributed by atoms with Crippen LogP contribution < -0.4 is 36.0 Å². The van der Waals surface area contributed by atoms with Crippen LogP contribution in [-0.4, -0.2) is 19.9 Å². The van der Waals surface area contributed by atoms with Crippen LogP contribution in [0.1, 0.15) is 57.0 Å². The normalized spacial score (nSPS) is 15.6. The average Bonchev–Trinajstić information content (AvgIpc) is 4.00. The van der Waals surface area contributed by atoms with Crippen molar-refractivity contribution in [2.75, 3.05) is 14.2 Å². The number of alkyl halides is 12. The van der Waals surface area contributed by atoms with Gasteiger partial charge in [0.05, 0.1) is 36.5 Å². The van der Waals surface area contributed by atoms with Gasteiger partial charge in [-0.3, -0.25) is 0 Å². The first-order chi connectivity index (χ1) is 31.7. The molecule has 0 heterocycles. The Labute approximate surface area is 408 Å². The van der Waals surface area contributed by atoms with Crippen molar-refractivity contribution in [3.63, 3.8) is 0 Å². The summed E-state index contributed by atoms with van der Waals surface area (Å²) < 4.78 is 183. The summed E-state index contributed by atoms with van der Waals surface area (Å²) in [5, 5.41) is 1.12. The molecule has 2 saturated carbocycles. The van der Waals surface area contributed by atoms with Crippen molar-refractivity contribution in [2.45, 2.75) is 65.0 Å². The Morgan fingerprint density at radius 1 is 0.449 bits per heavy atom. The van der Waals surface area contributed by atoms with Crippen molar-refractivity contribution in [1.82, 2.24) is 0 Å². The van der Waals surface area contributed by atoms with E-state index < -0.39 is 79.1 Å². The molecule has 0 saturated heterocycles. The number of halogens is 12. The first-order valence-electron chi connectivity index (χ1n) is 20.7. The summed E-state index contributed by atoms with van der Waals surface area (Å²) in [6, 6.07) is 16.4. The molecule has 2 fully saturated rings. The van der Waals surface area contributed by atoms with Gasteiger partial charge in [0.1, 0.15) is 11.5 Å². The van der Waals surface area contributed by atoms with E-state index in [1.165, 1.54) is 13.3 Å². The molecule has 17 heteroatoms. The summed E-state index contributed by atoms with van der Waals surface area (Å²) in [7, 11) is -1.25. The van der Waals surface area contributed by atoms with Gasteiger partial charge in [0.15, 0.2) is 0 Å². The van der Waals surface area contributed by atoms with Gasteiger partial charge < -0.3 is 9.47 Å².